The molecule has 120 valence electrons. The molecule has 0 amide bonds. The number of hydrogen-bond acceptors (Lipinski definition) is 4. The fraction of sp³-hybridized carbons (Fsp3) is 0.588. The molecule has 2 aromatic rings. The summed E-state index contributed by atoms with van der Waals surface area (Å²) in [5.41, 5.74) is 2.59. The van der Waals surface area contributed by atoms with Crippen molar-refractivity contribution in [2.24, 2.45) is 0 Å². The van der Waals surface area contributed by atoms with Crippen LogP contribution in [0.1, 0.15) is 63.1 Å². The van der Waals surface area contributed by atoms with Crippen LogP contribution in [-0.4, -0.2) is 33.3 Å². The Morgan fingerprint density at radius 1 is 1.09 bits per heavy atom. The Bertz CT molecular complexity index is 518. The quantitative estimate of drug-likeness (QED) is 0.723. The summed E-state index contributed by atoms with van der Waals surface area (Å²) in [5, 5.41) is 15.7. The van der Waals surface area contributed by atoms with Crippen LogP contribution in [0.5, 0.6) is 0 Å². The highest BCUT2D eigenvalue weighted by atomic mass is 15.6. The minimum Gasteiger partial charge on any atom is -0.317 e. The van der Waals surface area contributed by atoms with Gasteiger partial charge in [-0.15, -0.1) is 10.2 Å². The lowest BCUT2D eigenvalue weighted by molar-refractivity contribution is 0.415. The van der Waals surface area contributed by atoms with Crippen LogP contribution < -0.4 is 5.32 Å². The molecule has 1 atom stereocenters. The molecule has 0 bridgehead atoms. The Morgan fingerprint density at radius 3 is 2.41 bits per heavy atom. The summed E-state index contributed by atoms with van der Waals surface area (Å²) in [6, 6.07) is 8.92. The molecular weight excluding hydrogens is 274 g/mol. The van der Waals surface area contributed by atoms with E-state index in [2.05, 4.69) is 65.8 Å². The fourth-order valence-corrected chi connectivity index (χ4v) is 2.50. The highest BCUT2D eigenvalue weighted by molar-refractivity contribution is 5.27. The minimum atomic E-state index is 0.137. The van der Waals surface area contributed by atoms with Gasteiger partial charge >= 0.3 is 0 Å². The molecule has 2 rings (SSSR count). The van der Waals surface area contributed by atoms with E-state index in [1.807, 2.05) is 0 Å². The summed E-state index contributed by atoms with van der Waals surface area (Å²) < 4.78 is 0. The second kappa shape index (κ2) is 8.63. The average molecular weight is 301 g/mol. The lowest BCUT2D eigenvalue weighted by atomic mass is 9.98. The summed E-state index contributed by atoms with van der Waals surface area (Å²) in [6.07, 6.45) is 4.90. The molecule has 0 aliphatic heterocycles. The molecule has 5 nitrogen and oxygen atoms in total. The molecule has 1 aromatic carbocycles. The number of nitrogens with zero attached hydrogens (tertiary/aromatic N) is 4. The molecule has 0 spiro atoms. The first kappa shape index (κ1) is 16.6. The third-order valence-corrected chi connectivity index (χ3v) is 3.93. The standard InChI is InChI=1S/C17H27N5/c1-4-5-11-18-12-10-17(22-20-13-19-21-22)16-8-6-15(7-9-16)14(2)3/h6-9,13-14,17-18H,4-5,10-12H2,1-3H3. The smallest absolute Gasteiger partial charge is 0.162 e. The normalized spacial score (nSPS) is 12.7. The molecule has 0 radical (unpaired) electrons. The minimum absolute atomic E-state index is 0.137. The van der Waals surface area contributed by atoms with Gasteiger partial charge in [0, 0.05) is 0 Å². The van der Waals surface area contributed by atoms with Gasteiger partial charge in [0.25, 0.3) is 0 Å². The van der Waals surface area contributed by atoms with Crippen molar-refractivity contribution in [2.75, 3.05) is 13.1 Å². The zero-order chi connectivity index (χ0) is 15.8. The molecule has 1 N–H and O–H groups in total. The van der Waals surface area contributed by atoms with Crippen molar-refractivity contribution < 1.29 is 0 Å². The third-order valence-electron chi connectivity index (χ3n) is 3.93. The molecule has 0 aliphatic carbocycles. The molecule has 0 aliphatic rings. The van der Waals surface area contributed by atoms with Crippen molar-refractivity contribution in [3.05, 3.63) is 41.7 Å². The van der Waals surface area contributed by atoms with Gasteiger partial charge in [-0.2, -0.15) is 4.80 Å². The summed E-state index contributed by atoms with van der Waals surface area (Å²) in [5.74, 6) is 0.549. The zero-order valence-corrected chi connectivity index (χ0v) is 13.9. The number of unbranched alkanes of at least 4 members (excludes halogenated alkanes) is 1. The van der Waals surface area contributed by atoms with Crippen molar-refractivity contribution in [3.63, 3.8) is 0 Å². The van der Waals surface area contributed by atoms with Crippen molar-refractivity contribution in [1.82, 2.24) is 25.5 Å². The summed E-state index contributed by atoms with van der Waals surface area (Å²) in [6.45, 7) is 8.66. The van der Waals surface area contributed by atoms with E-state index in [-0.39, 0.29) is 6.04 Å². The van der Waals surface area contributed by atoms with Gasteiger partial charge in [-0.1, -0.05) is 51.5 Å². The van der Waals surface area contributed by atoms with E-state index < -0.39 is 0 Å². The molecule has 1 aromatic heterocycles. The van der Waals surface area contributed by atoms with Crippen LogP contribution in [0.2, 0.25) is 0 Å². The van der Waals surface area contributed by atoms with E-state index in [0.717, 1.165) is 19.5 Å². The molecule has 1 unspecified atom stereocenters. The first-order valence-electron chi connectivity index (χ1n) is 8.25. The number of benzene rings is 1. The lowest BCUT2D eigenvalue weighted by Crippen LogP contribution is -2.23. The van der Waals surface area contributed by atoms with Crippen LogP contribution in [0.25, 0.3) is 0 Å². The van der Waals surface area contributed by atoms with E-state index in [0.29, 0.717) is 5.92 Å². The van der Waals surface area contributed by atoms with Crippen LogP contribution in [0.3, 0.4) is 0 Å². The third kappa shape index (κ3) is 4.63. The van der Waals surface area contributed by atoms with Crippen LogP contribution in [0, 0.1) is 0 Å². The van der Waals surface area contributed by atoms with Gasteiger partial charge in [0.2, 0.25) is 0 Å². The van der Waals surface area contributed by atoms with Gasteiger partial charge in [-0.25, -0.2) is 0 Å². The number of hydrogen-bond donors (Lipinski definition) is 1. The fourth-order valence-electron chi connectivity index (χ4n) is 2.50. The van der Waals surface area contributed by atoms with Crippen molar-refractivity contribution in [1.29, 1.82) is 0 Å². The van der Waals surface area contributed by atoms with E-state index in [1.165, 1.54) is 30.3 Å². The topological polar surface area (TPSA) is 55.6 Å². The Labute approximate surface area is 133 Å². The Kier molecular flexibility index (Phi) is 6.52. The van der Waals surface area contributed by atoms with Crippen molar-refractivity contribution in [3.8, 4) is 0 Å². The maximum atomic E-state index is 4.23. The largest absolute Gasteiger partial charge is 0.317 e. The van der Waals surface area contributed by atoms with Gasteiger partial charge in [-0.3, -0.25) is 0 Å². The zero-order valence-electron chi connectivity index (χ0n) is 13.9. The molecule has 0 saturated heterocycles. The second-order valence-electron chi connectivity index (χ2n) is 5.99. The Morgan fingerprint density at radius 2 is 1.82 bits per heavy atom. The summed E-state index contributed by atoms with van der Waals surface area (Å²) in [4.78, 5) is 1.71. The molecule has 0 saturated carbocycles. The maximum absolute atomic E-state index is 4.23. The van der Waals surface area contributed by atoms with Crippen LogP contribution in [-0.2, 0) is 0 Å². The van der Waals surface area contributed by atoms with E-state index in [4.69, 9.17) is 0 Å². The number of tetrazole rings is 1. The van der Waals surface area contributed by atoms with Gasteiger partial charge in [0.15, 0.2) is 6.33 Å². The predicted molar refractivity (Wildman–Crippen MR) is 88.9 cm³/mol. The molecular formula is C17H27N5. The summed E-state index contributed by atoms with van der Waals surface area (Å²) >= 11 is 0. The second-order valence-corrected chi connectivity index (χ2v) is 5.99. The Balaban J connectivity index is 2.04. The number of rotatable bonds is 9. The van der Waals surface area contributed by atoms with Crippen molar-refractivity contribution in [2.45, 2.75) is 52.0 Å². The van der Waals surface area contributed by atoms with Crippen molar-refractivity contribution >= 4 is 0 Å². The average Bonchev–Trinajstić information content (AvgIpc) is 3.05. The van der Waals surface area contributed by atoms with Crippen LogP contribution in [0.15, 0.2) is 30.6 Å². The molecule has 0 fully saturated rings. The van der Waals surface area contributed by atoms with E-state index >= 15 is 0 Å². The molecule has 5 heteroatoms. The van der Waals surface area contributed by atoms with Gasteiger partial charge in [0.05, 0.1) is 6.04 Å². The van der Waals surface area contributed by atoms with Gasteiger partial charge < -0.3 is 5.32 Å². The van der Waals surface area contributed by atoms with Crippen LogP contribution >= 0.6 is 0 Å². The monoisotopic (exact) mass is 301 g/mol. The lowest BCUT2D eigenvalue weighted by Gasteiger charge is -2.17. The summed E-state index contributed by atoms with van der Waals surface area (Å²) in [7, 11) is 0. The molecule has 1 heterocycles. The highest BCUT2D eigenvalue weighted by Crippen LogP contribution is 2.22. The number of aromatic nitrogens is 4. The molecule has 22 heavy (non-hydrogen) atoms. The first-order chi connectivity index (χ1) is 10.7. The number of nitrogens with one attached hydrogen (secondary N) is 1. The van der Waals surface area contributed by atoms with E-state index in [9.17, 15) is 0 Å². The first-order valence-corrected chi connectivity index (χ1v) is 8.25. The SMILES string of the molecule is CCCCNCCC(c1ccc(C(C)C)cc1)n1ncnn1. The van der Waals surface area contributed by atoms with E-state index in [1.54, 1.807) is 4.80 Å². The van der Waals surface area contributed by atoms with Crippen LogP contribution in [0.4, 0.5) is 0 Å². The van der Waals surface area contributed by atoms with Gasteiger partial charge in [-0.05, 0) is 48.2 Å². The maximum Gasteiger partial charge on any atom is 0.162 e. The predicted octanol–water partition coefficient (Wildman–Crippen LogP) is 3.17. The Hall–Kier alpha value is -1.75. The van der Waals surface area contributed by atoms with Gasteiger partial charge in [0.1, 0.15) is 0 Å². The highest BCUT2D eigenvalue weighted by Gasteiger charge is 2.15.